The fraction of sp³-hybridized carbons (Fsp3) is 0.846. The second kappa shape index (κ2) is 8.16. The van der Waals surface area contributed by atoms with Crippen LogP contribution in [0.25, 0.3) is 0 Å². The van der Waals surface area contributed by atoms with Crippen LogP contribution in [-0.4, -0.2) is 92.1 Å². The third-order valence-corrected chi connectivity index (χ3v) is 3.60. The molecule has 1 atom stereocenters. The zero-order valence-electron chi connectivity index (χ0n) is 12.1. The van der Waals surface area contributed by atoms with Crippen LogP contribution < -0.4 is 5.32 Å². The number of carboxylic acid groups (broad SMARTS) is 1. The summed E-state index contributed by atoms with van der Waals surface area (Å²) in [5.41, 5.74) is 0. The number of hydrogen-bond acceptors (Lipinski definition) is 5. The van der Waals surface area contributed by atoms with Crippen LogP contribution in [0.15, 0.2) is 0 Å². The Bertz CT molecular complexity index is 360. The Morgan fingerprint density at radius 3 is 2.76 bits per heavy atom. The Morgan fingerprint density at radius 2 is 2.05 bits per heavy atom. The van der Waals surface area contributed by atoms with Crippen LogP contribution in [0, 0.1) is 0 Å². The van der Waals surface area contributed by atoms with Crippen molar-refractivity contribution in [2.24, 2.45) is 0 Å². The number of rotatable bonds is 4. The van der Waals surface area contributed by atoms with Crippen LogP contribution in [0.2, 0.25) is 0 Å². The van der Waals surface area contributed by atoms with E-state index in [1.165, 1.54) is 0 Å². The number of carbonyl (C=O) groups is 2. The van der Waals surface area contributed by atoms with Crippen LogP contribution in [0.5, 0.6) is 0 Å². The Hall–Kier alpha value is -1.38. The lowest BCUT2D eigenvalue weighted by Crippen LogP contribution is -2.46. The molecule has 2 rings (SSSR count). The van der Waals surface area contributed by atoms with Gasteiger partial charge in [0, 0.05) is 32.7 Å². The summed E-state index contributed by atoms with van der Waals surface area (Å²) in [4.78, 5) is 26.4. The molecule has 2 N–H and O–H groups in total. The fourth-order valence-electron chi connectivity index (χ4n) is 2.49. The summed E-state index contributed by atoms with van der Waals surface area (Å²) in [7, 11) is 0. The summed E-state index contributed by atoms with van der Waals surface area (Å²) >= 11 is 0. The Morgan fingerprint density at radius 1 is 1.19 bits per heavy atom. The Labute approximate surface area is 124 Å². The largest absolute Gasteiger partial charge is 0.480 e. The van der Waals surface area contributed by atoms with Gasteiger partial charge in [0.2, 0.25) is 0 Å². The van der Waals surface area contributed by atoms with E-state index in [0.29, 0.717) is 52.5 Å². The lowest BCUT2D eigenvalue weighted by Gasteiger charge is -2.26. The van der Waals surface area contributed by atoms with Gasteiger partial charge in [-0.15, -0.1) is 0 Å². The second-order valence-corrected chi connectivity index (χ2v) is 5.26. The van der Waals surface area contributed by atoms with Crippen LogP contribution in [0.4, 0.5) is 4.79 Å². The quantitative estimate of drug-likeness (QED) is 0.707. The van der Waals surface area contributed by atoms with Crippen LogP contribution >= 0.6 is 0 Å². The molecule has 0 aromatic carbocycles. The molecule has 0 aromatic rings. The van der Waals surface area contributed by atoms with E-state index < -0.39 is 5.97 Å². The lowest BCUT2D eigenvalue weighted by molar-refractivity contribution is -0.138. The second-order valence-electron chi connectivity index (χ2n) is 5.26. The van der Waals surface area contributed by atoms with Gasteiger partial charge in [0.25, 0.3) is 0 Å². The maximum atomic E-state index is 12.1. The maximum absolute atomic E-state index is 12.1. The van der Waals surface area contributed by atoms with E-state index in [4.69, 9.17) is 14.6 Å². The third-order valence-electron chi connectivity index (χ3n) is 3.60. The van der Waals surface area contributed by atoms with E-state index in [9.17, 15) is 9.59 Å². The van der Waals surface area contributed by atoms with Gasteiger partial charge in [0.1, 0.15) is 0 Å². The van der Waals surface area contributed by atoms with Gasteiger partial charge in [-0.25, -0.2) is 4.79 Å². The molecule has 2 heterocycles. The molecule has 120 valence electrons. The molecule has 0 saturated carbocycles. The van der Waals surface area contributed by atoms with Gasteiger partial charge in [0.05, 0.1) is 32.5 Å². The monoisotopic (exact) mass is 301 g/mol. The number of urea groups is 1. The van der Waals surface area contributed by atoms with Gasteiger partial charge >= 0.3 is 12.0 Å². The summed E-state index contributed by atoms with van der Waals surface area (Å²) in [6, 6.07) is -0.124. The zero-order chi connectivity index (χ0) is 15.1. The maximum Gasteiger partial charge on any atom is 0.317 e. The van der Waals surface area contributed by atoms with Crippen LogP contribution in [0.1, 0.15) is 6.42 Å². The van der Waals surface area contributed by atoms with Gasteiger partial charge in [-0.1, -0.05) is 0 Å². The van der Waals surface area contributed by atoms with E-state index in [1.807, 2.05) is 4.90 Å². The predicted octanol–water partition coefficient (Wildman–Crippen LogP) is -0.796. The topological polar surface area (TPSA) is 91.3 Å². The highest BCUT2D eigenvalue weighted by Gasteiger charge is 2.21. The lowest BCUT2D eigenvalue weighted by atomic mass is 10.3. The minimum Gasteiger partial charge on any atom is -0.480 e. The number of amides is 2. The molecule has 2 aliphatic rings. The average molecular weight is 301 g/mol. The molecule has 2 fully saturated rings. The summed E-state index contributed by atoms with van der Waals surface area (Å²) in [6.07, 6.45) is 0.696. The minimum absolute atomic E-state index is 0.0305. The van der Waals surface area contributed by atoms with Crippen molar-refractivity contribution in [1.82, 2.24) is 15.1 Å². The summed E-state index contributed by atoms with van der Waals surface area (Å²) in [5.74, 6) is -0.831. The molecule has 0 spiro atoms. The first-order chi connectivity index (χ1) is 10.1. The summed E-state index contributed by atoms with van der Waals surface area (Å²) < 4.78 is 10.7. The van der Waals surface area contributed by atoms with E-state index in [0.717, 1.165) is 6.42 Å². The Kier molecular flexibility index (Phi) is 6.21. The molecular formula is C13H23N3O5. The van der Waals surface area contributed by atoms with Gasteiger partial charge in [0.15, 0.2) is 0 Å². The molecule has 2 saturated heterocycles. The molecule has 21 heavy (non-hydrogen) atoms. The molecule has 2 aliphatic heterocycles. The van der Waals surface area contributed by atoms with Crippen molar-refractivity contribution in [1.29, 1.82) is 0 Å². The summed E-state index contributed by atoms with van der Waals surface area (Å²) in [5, 5.41) is 11.7. The van der Waals surface area contributed by atoms with Crippen molar-refractivity contribution in [2.75, 3.05) is 59.1 Å². The standard InChI is InChI=1S/C13H23N3O5/c17-12(18)9-15-2-1-3-16(5-4-15)13(19)14-8-11-10-20-6-7-21-11/h11H,1-10H2,(H,14,19)(H,17,18). The molecule has 0 bridgehead atoms. The third kappa shape index (κ3) is 5.49. The van der Waals surface area contributed by atoms with Crippen molar-refractivity contribution in [3.8, 4) is 0 Å². The highest BCUT2D eigenvalue weighted by Crippen LogP contribution is 2.04. The van der Waals surface area contributed by atoms with Crippen molar-refractivity contribution < 1.29 is 24.2 Å². The minimum atomic E-state index is -0.831. The number of ether oxygens (including phenoxy) is 2. The molecule has 0 aliphatic carbocycles. The molecule has 2 amide bonds. The van der Waals surface area contributed by atoms with Gasteiger partial charge < -0.3 is 24.8 Å². The fourth-order valence-corrected chi connectivity index (χ4v) is 2.49. The van der Waals surface area contributed by atoms with Crippen LogP contribution in [-0.2, 0) is 14.3 Å². The van der Waals surface area contributed by atoms with Crippen LogP contribution in [0.3, 0.4) is 0 Å². The number of hydrogen-bond donors (Lipinski definition) is 2. The number of carbonyl (C=O) groups excluding carboxylic acids is 1. The van der Waals surface area contributed by atoms with E-state index in [-0.39, 0.29) is 18.7 Å². The Balaban J connectivity index is 1.70. The first-order valence-corrected chi connectivity index (χ1v) is 7.31. The van der Waals surface area contributed by atoms with E-state index in [1.54, 1.807) is 4.90 Å². The summed E-state index contributed by atoms with van der Waals surface area (Å²) in [6.45, 7) is 4.62. The smallest absolute Gasteiger partial charge is 0.317 e. The van der Waals surface area contributed by atoms with Crippen molar-refractivity contribution >= 4 is 12.0 Å². The number of aliphatic carboxylic acids is 1. The van der Waals surface area contributed by atoms with E-state index >= 15 is 0 Å². The van der Waals surface area contributed by atoms with E-state index in [2.05, 4.69) is 5.32 Å². The molecule has 8 nitrogen and oxygen atoms in total. The first-order valence-electron chi connectivity index (χ1n) is 7.31. The van der Waals surface area contributed by atoms with Gasteiger partial charge in [-0.05, 0) is 6.42 Å². The van der Waals surface area contributed by atoms with Gasteiger partial charge in [-0.2, -0.15) is 0 Å². The first kappa shape index (κ1) is 16.0. The number of nitrogens with one attached hydrogen (secondary N) is 1. The average Bonchev–Trinajstić information content (AvgIpc) is 2.71. The number of nitrogens with zero attached hydrogens (tertiary/aromatic N) is 2. The number of carboxylic acids is 1. The highest BCUT2D eigenvalue weighted by molar-refractivity contribution is 5.74. The molecule has 0 radical (unpaired) electrons. The van der Waals surface area contributed by atoms with Crippen molar-refractivity contribution in [3.63, 3.8) is 0 Å². The molecular weight excluding hydrogens is 278 g/mol. The molecule has 1 unspecified atom stereocenters. The zero-order valence-corrected chi connectivity index (χ0v) is 12.1. The molecule has 0 aromatic heterocycles. The molecule has 8 heteroatoms. The van der Waals surface area contributed by atoms with Gasteiger partial charge in [-0.3, -0.25) is 9.69 Å². The normalized spacial score (nSPS) is 24.4. The van der Waals surface area contributed by atoms with Crippen molar-refractivity contribution in [3.05, 3.63) is 0 Å². The SMILES string of the molecule is O=C(O)CN1CCCN(C(=O)NCC2COCCO2)CC1. The highest BCUT2D eigenvalue weighted by atomic mass is 16.6. The van der Waals surface area contributed by atoms with Crippen molar-refractivity contribution in [2.45, 2.75) is 12.5 Å². The predicted molar refractivity (Wildman–Crippen MR) is 74.2 cm³/mol.